The lowest BCUT2D eigenvalue weighted by Crippen LogP contribution is -2.36. The van der Waals surface area contributed by atoms with Crippen LogP contribution in [0.1, 0.15) is 34.5 Å². The van der Waals surface area contributed by atoms with Gasteiger partial charge in [-0.15, -0.1) is 11.3 Å². The summed E-state index contributed by atoms with van der Waals surface area (Å²) < 4.78 is 38.9. The molecule has 26 heavy (non-hydrogen) atoms. The van der Waals surface area contributed by atoms with Crippen molar-refractivity contribution in [2.24, 2.45) is 0 Å². The highest BCUT2D eigenvalue weighted by molar-refractivity contribution is 7.21. The number of likely N-dealkylation sites (tertiary alicyclic amines) is 1. The van der Waals surface area contributed by atoms with Crippen LogP contribution in [0.5, 0.6) is 0 Å². The Labute approximate surface area is 153 Å². The Morgan fingerprint density at radius 1 is 1.31 bits per heavy atom. The molecule has 2 amide bonds. The van der Waals surface area contributed by atoms with Crippen LogP contribution in [0.15, 0.2) is 24.3 Å². The number of amides is 2. The van der Waals surface area contributed by atoms with Gasteiger partial charge in [0.05, 0.1) is 4.88 Å². The average Bonchev–Trinajstić information content (AvgIpc) is 3.16. The van der Waals surface area contributed by atoms with Gasteiger partial charge in [0.25, 0.3) is 5.91 Å². The summed E-state index contributed by atoms with van der Waals surface area (Å²) in [5.41, 5.74) is 0.772. The molecule has 0 aliphatic carbocycles. The van der Waals surface area contributed by atoms with Crippen LogP contribution in [-0.2, 0) is 4.79 Å². The molecule has 0 N–H and O–H groups in total. The SMILES string of the molecule is CC(=O)N1CC[C@H](c2c(C(=O)N(C)CC(F)(F)F)sc3ccccc23)C1. The molecule has 0 radical (unpaired) electrons. The van der Waals surface area contributed by atoms with Crippen LogP contribution in [0.4, 0.5) is 13.2 Å². The molecule has 1 aliphatic heterocycles. The van der Waals surface area contributed by atoms with Crippen LogP contribution in [0.3, 0.4) is 0 Å². The number of hydrogen-bond donors (Lipinski definition) is 0. The Balaban J connectivity index is 2.00. The molecule has 3 rings (SSSR count). The van der Waals surface area contributed by atoms with Gasteiger partial charge in [0, 0.05) is 37.7 Å². The zero-order chi connectivity index (χ0) is 19.1. The van der Waals surface area contributed by atoms with Crippen molar-refractivity contribution in [1.82, 2.24) is 9.80 Å². The number of alkyl halides is 3. The molecule has 2 heterocycles. The summed E-state index contributed by atoms with van der Waals surface area (Å²) in [5.74, 6) is -0.706. The number of rotatable bonds is 3. The van der Waals surface area contributed by atoms with Gasteiger partial charge < -0.3 is 9.80 Å². The number of carbonyl (C=O) groups is 2. The average molecular weight is 384 g/mol. The molecule has 140 valence electrons. The normalized spacial score (nSPS) is 17.7. The van der Waals surface area contributed by atoms with E-state index in [-0.39, 0.29) is 11.8 Å². The van der Waals surface area contributed by atoms with Gasteiger partial charge in [-0.25, -0.2) is 0 Å². The molecule has 0 saturated carbocycles. The Morgan fingerprint density at radius 2 is 2.00 bits per heavy atom. The minimum Gasteiger partial charge on any atom is -0.342 e. The van der Waals surface area contributed by atoms with Crippen molar-refractivity contribution >= 4 is 33.2 Å². The third kappa shape index (κ3) is 3.70. The summed E-state index contributed by atoms with van der Waals surface area (Å²) in [6, 6.07) is 7.44. The first kappa shape index (κ1) is 18.7. The summed E-state index contributed by atoms with van der Waals surface area (Å²) in [7, 11) is 1.17. The van der Waals surface area contributed by atoms with Crippen molar-refractivity contribution in [2.75, 3.05) is 26.7 Å². The summed E-state index contributed by atoms with van der Waals surface area (Å²) in [5, 5.41) is 0.886. The zero-order valence-electron chi connectivity index (χ0n) is 14.5. The van der Waals surface area contributed by atoms with E-state index in [1.807, 2.05) is 24.3 Å². The van der Waals surface area contributed by atoms with E-state index in [4.69, 9.17) is 0 Å². The molecular weight excluding hydrogens is 365 g/mol. The zero-order valence-corrected chi connectivity index (χ0v) is 15.3. The smallest absolute Gasteiger partial charge is 0.342 e. The first-order valence-corrected chi connectivity index (χ1v) is 9.08. The number of benzene rings is 1. The topological polar surface area (TPSA) is 40.6 Å². The van der Waals surface area contributed by atoms with Gasteiger partial charge in [-0.1, -0.05) is 18.2 Å². The highest BCUT2D eigenvalue weighted by atomic mass is 32.1. The van der Waals surface area contributed by atoms with E-state index in [1.165, 1.54) is 25.3 Å². The molecule has 1 saturated heterocycles. The number of hydrogen-bond acceptors (Lipinski definition) is 3. The number of fused-ring (bicyclic) bond motifs is 1. The molecule has 1 atom stereocenters. The van der Waals surface area contributed by atoms with Crippen molar-refractivity contribution in [1.29, 1.82) is 0 Å². The van der Waals surface area contributed by atoms with Gasteiger partial charge in [-0.2, -0.15) is 13.2 Å². The van der Waals surface area contributed by atoms with Gasteiger partial charge in [0.2, 0.25) is 5.91 Å². The number of halogens is 3. The van der Waals surface area contributed by atoms with Crippen molar-refractivity contribution in [3.05, 3.63) is 34.7 Å². The van der Waals surface area contributed by atoms with E-state index >= 15 is 0 Å². The molecule has 0 spiro atoms. The van der Waals surface area contributed by atoms with Crippen molar-refractivity contribution < 1.29 is 22.8 Å². The van der Waals surface area contributed by atoms with Crippen molar-refractivity contribution in [3.63, 3.8) is 0 Å². The summed E-state index contributed by atoms with van der Waals surface area (Å²) in [6.45, 7) is 1.29. The molecule has 2 aromatic rings. The maximum absolute atomic E-state index is 12.7. The van der Waals surface area contributed by atoms with Gasteiger partial charge >= 0.3 is 6.18 Å². The highest BCUT2D eigenvalue weighted by Gasteiger charge is 2.35. The molecule has 4 nitrogen and oxygen atoms in total. The largest absolute Gasteiger partial charge is 0.406 e. The standard InChI is InChI=1S/C18H19F3N2O2S/c1-11(24)23-8-7-12(9-23)15-13-5-3-4-6-14(13)26-16(15)17(25)22(2)10-18(19,20)21/h3-6,12H,7-10H2,1-2H3/t12-/m0/s1. The van der Waals surface area contributed by atoms with Crippen LogP contribution in [0.25, 0.3) is 10.1 Å². The van der Waals surface area contributed by atoms with E-state index in [1.54, 1.807) is 4.90 Å². The summed E-state index contributed by atoms with van der Waals surface area (Å²) >= 11 is 1.22. The highest BCUT2D eigenvalue weighted by Crippen LogP contribution is 2.40. The second-order valence-corrected chi connectivity index (χ2v) is 7.62. The molecule has 1 aromatic heterocycles. The fourth-order valence-corrected chi connectivity index (χ4v) is 4.71. The maximum atomic E-state index is 12.7. The third-order valence-electron chi connectivity index (χ3n) is 4.63. The maximum Gasteiger partial charge on any atom is 0.406 e. The van der Waals surface area contributed by atoms with Gasteiger partial charge in [-0.05, 0) is 23.4 Å². The molecule has 1 aromatic carbocycles. The number of thiophene rings is 1. The Hall–Kier alpha value is -2.09. The molecule has 0 bridgehead atoms. The van der Waals surface area contributed by atoms with Crippen LogP contribution in [0.2, 0.25) is 0 Å². The second-order valence-electron chi connectivity index (χ2n) is 6.57. The molecule has 1 aliphatic rings. The fourth-order valence-electron chi connectivity index (χ4n) is 3.43. The van der Waals surface area contributed by atoms with Gasteiger partial charge in [0.15, 0.2) is 0 Å². The Morgan fingerprint density at radius 3 is 2.62 bits per heavy atom. The lowest BCUT2D eigenvalue weighted by molar-refractivity contribution is -0.138. The molecule has 8 heteroatoms. The van der Waals surface area contributed by atoms with E-state index in [2.05, 4.69) is 0 Å². The first-order chi connectivity index (χ1) is 12.2. The monoisotopic (exact) mass is 384 g/mol. The minimum atomic E-state index is -4.44. The van der Waals surface area contributed by atoms with Crippen molar-refractivity contribution in [3.8, 4) is 0 Å². The summed E-state index contributed by atoms with van der Waals surface area (Å²) in [6.07, 6.45) is -3.75. The molecule has 0 unspecified atom stereocenters. The Kier molecular flexibility index (Phi) is 4.96. The van der Waals surface area contributed by atoms with E-state index in [9.17, 15) is 22.8 Å². The second kappa shape index (κ2) is 6.90. The summed E-state index contributed by atoms with van der Waals surface area (Å²) in [4.78, 5) is 27.1. The van der Waals surface area contributed by atoms with Crippen LogP contribution in [-0.4, -0.2) is 54.5 Å². The van der Waals surface area contributed by atoms with E-state index < -0.39 is 18.6 Å². The van der Waals surface area contributed by atoms with Crippen LogP contribution < -0.4 is 0 Å². The van der Waals surface area contributed by atoms with Crippen molar-refractivity contribution in [2.45, 2.75) is 25.4 Å². The fraction of sp³-hybridized carbons (Fsp3) is 0.444. The predicted molar refractivity (Wildman–Crippen MR) is 94.5 cm³/mol. The molecule has 1 fully saturated rings. The lowest BCUT2D eigenvalue weighted by Gasteiger charge is -2.20. The number of carbonyl (C=O) groups excluding carboxylic acids is 2. The third-order valence-corrected chi connectivity index (χ3v) is 5.81. The quantitative estimate of drug-likeness (QED) is 0.806. The molecular formula is C18H19F3N2O2S. The van der Waals surface area contributed by atoms with E-state index in [0.717, 1.165) is 15.6 Å². The van der Waals surface area contributed by atoms with Crippen LogP contribution >= 0.6 is 11.3 Å². The predicted octanol–water partition coefficient (Wildman–Crippen LogP) is 3.87. The van der Waals surface area contributed by atoms with Crippen LogP contribution in [0, 0.1) is 0 Å². The van der Waals surface area contributed by atoms with Gasteiger partial charge in [0.1, 0.15) is 6.54 Å². The van der Waals surface area contributed by atoms with E-state index in [0.29, 0.717) is 29.3 Å². The Bertz CT molecular complexity index is 847. The lowest BCUT2D eigenvalue weighted by atomic mass is 9.95. The van der Waals surface area contributed by atoms with Gasteiger partial charge in [-0.3, -0.25) is 9.59 Å². The number of nitrogens with zero attached hydrogens (tertiary/aromatic N) is 2. The minimum absolute atomic E-state index is 0.0332. The first-order valence-electron chi connectivity index (χ1n) is 8.26.